The Morgan fingerprint density at radius 2 is 1.92 bits per heavy atom. The molecule has 0 saturated heterocycles. The number of carbonyl (C=O) groups is 1. The van der Waals surface area contributed by atoms with Gasteiger partial charge in [-0.15, -0.1) is 5.10 Å². The van der Waals surface area contributed by atoms with Gasteiger partial charge in [0.2, 0.25) is 11.1 Å². The summed E-state index contributed by atoms with van der Waals surface area (Å²) in [6, 6.07) is 6.98. The molecule has 1 amide bonds. The Kier molecular flexibility index (Phi) is 5.17. The number of hydrogen-bond acceptors (Lipinski definition) is 5. The molecule has 0 aliphatic rings. The van der Waals surface area contributed by atoms with E-state index < -0.39 is 5.25 Å². The number of nitrogens with one attached hydrogen (secondary N) is 1. The van der Waals surface area contributed by atoms with Gasteiger partial charge in [-0.25, -0.2) is 9.50 Å². The quantitative estimate of drug-likeness (QED) is 0.671. The molecule has 3 rings (SSSR count). The van der Waals surface area contributed by atoms with Crippen molar-refractivity contribution >= 4 is 52.3 Å². The molecule has 1 unspecified atom stereocenters. The average molecular weight is 396 g/mol. The van der Waals surface area contributed by atoms with E-state index in [0.29, 0.717) is 26.7 Å². The van der Waals surface area contributed by atoms with Gasteiger partial charge >= 0.3 is 0 Å². The van der Waals surface area contributed by atoms with Gasteiger partial charge in [0.25, 0.3) is 5.78 Å². The van der Waals surface area contributed by atoms with Crippen LogP contribution in [0.2, 0.25) is 10.0 Å². The molecule has 0 radical (unpaired) electrons. The van der Waals surface area contributed by atoms with Gasteiger partial charge in [0, 0.05) is 11.4 Å². The first-order chi connectivity index (χ1) is 11.8. The third-order valence-corrected chi connectivity index (χ3v) is 5.04. The van der Waals surface area contributed by atoms with Crippen LogP contribution in [0.5, 0.6) is 0 Å². The van der Waals surface area contributed by atoms with Crippen LogP contribution in [0.3, 0.4) is 0 Å². The van der Waals surface area contributed by atoms with Crippen LogP contribution in [0.4, 0.5) is 5.69 Å². The summed E-state index contributed by atoms with van der Waals surface area (Å²) < 4.78 is 1.66. The van der Waals surface area contributed by atoms with Crippen LogP contribution in [-0.4, -0.2) is 30.7 Å². The fourth-order valence-corrected chi connectivity index (χ4v) is 3.49. The van der Waals surface area contributed by atoms with E-state index in [-0.39, 0.29) is 5.91 Å². The number of thioether (sulfide) groups is 1. The number of carbonyl (C=O) groups excluding carboxylic acids is 1. The van der Waals surface area contributed by atoms with E-state index in [1.54, 1.807) is 29.6 Å². The number of aromatic nitrogens is 4. The lowest BCUT2D eigenvalue weighted by atomic mass is 10.3. The summed E-state index contributed by atoms with van der Waals surface area (Å²) in [5.74, 6) is 0.279. The highest BCUT2D eigenvalue weighted by Gasteiger charge is 2.20. The van der Waals surface area contributed by atoms with Crippen molar-refractivity contribution in [3.8, 4) is 0 Å². The zero-order valence-corrected chi connectivity index (χ0v) is 16.1. The molecule has 1 atom stereocenters. The molecule has 0 saturated carbocycles. The van der Waals surface area contributed by atoms with Crippen LogP contribution >= 0.6 is 35.0 Å². The van der Waals surface area contributed by atoms with E-state index in [9.17, 15) is 4.79 Å². The van der Waals surface area contributed by atoms with Gasteiger partial charge in [-0.2, -0.15) is 4.98 Å². The molecule has 2 aromatic heterocycles. The number of halogens is 2. The van der Waals surface area contributed by atoms with Crippen LogP contribution in [0, 0.1) is 13.8 Å². The third-order valence-electron chi connectivity index (χ3n) is 3.46. The first-order valence-electron chi connectivity index (χ1n) is 7.47. The molecular weight excluding hydrogens is 381 g/mol. The first-order valence-corrected chi connectivity index (χ1v) is 9.11. The van der Waals surface area contributed by atoms with E-state index >= 15 is 0 Å². The van der Waals surface area contributed by atoms with Crippen molar-refractivity contribution in [2.24, 2.45) is 0 Å². The normalized spacial score (nSPS) is 12.4. The molecule has 25 heavy (non-hydrogen) atoms. The average Bonchev–Trinajstić information content (AvgIpc) is 2.93. The second-order valence-corrected chi connectivity index (χ2v) is 7.61. The summed E-state index contributed by atoms with van der Waals surface area (Å²) in [5, 5.41) is 7.96. The zero-order chi connectivity index (χ0) is 18.1. The summed E-state index contributed by atoms with van der Waals surface area (Å²) in [5.41, 5.74) is 2.20. The van der Waals surface area contributed by atoms with Gasteiger partial charge in [0.05, 0.1) is 21.0 Å². The van der Waals surface area contributed by atoms with E-state index in [0.717, 1.165) is 11.4 Å². The van der Waals surface area contributed by atoms with Gasteiger partial charge in [-0.05, 0) is 39.0 Å². The van der Waals surface area contributed by atoms with Crippen molar-refractivity contribution in [2.75, 3.05) is 5.32 Å². The predicted octanol–water partition coefficient (Wildman–Crippen LogP) is 4.17. The Labute approximate surface area is 158 Å². The smallest absolute Gasteiger partial charge is 0.253 e. The number of para-hydroxylation sites is 1. The highest BCUT2D eigenvalue weighted by molar-refractivity contribution is 8.00. The number of benzene rings is 1. The lowest BCUT2D eigenvalue weighted by Gasteiger charge is -2.12. The van der Waals surface area contributed by atoms with Gasteiger partial charge in [-0.1, -0.05) is 41.0 Å². The van der Waals surface area contributed by atoms with Gasteiger partial charge < -0.3 is 5.32 Å². The van der Waals surface area contributed by atoms with E-state index in [2.05, 4.69) is 20.4 Å². The number of aryl methyl sites for hydroxylation is 2. The maximum Gasteiger partial charge on any atom is 0.253 e. The fraction of sp³-hybridized carbons (Fsp3) is 0.250. The lowest BCUT2D eigenvalue weighted by Crippen LogP contribution is -2.23. The monoisotopic (exact) mass is 395 g/mol. The minimum Gasteiger partial charge on any atom is -0.323 e. The van der Waals surface area contributed by atoms with E-state index in [1.165, 1.54) is 11.8 Å². The second-order valence-electron chi connectivity index (χ2n) is 5.49. The van der Waals surface area contributed by atoms with Crippen molar-refractivity contribution in [2.45, 2.75) is 31.2 Å². The molecule has 0 fully saturated rings. The number of anilines is 1. The molecule has 3 aromatic rings. The lowest BCUT2D eigenvalue weighted by molar-refractivity contribution is -0.115. The number of hydrogen-bond donors (Lipinski definition) is 1. The molecule has 0 aliphatic carbocycles. The Hall–Kier alpha value is -1.83. The van der Waals surface area contributed by atoms with Crippen molar-refractivity contribution in [3.05, 3.63) is 45.7 Å². The number of amides is 1. The van der Waals surface area contributed by atoms with Crippen LogP contribution in [-0.2, 0) is 4.79 Å². The summed E-state index contributed by atoms with van der Waals surface area (Å²) in [4.78, 5) is 21.1. The van der Waals surface area contributed by atoms with Gasteiger partial charge in [0.1, 0.15) is 0 Å². The predicted molar refractivity (Wildman–Crippen MR) is 101 cm³/mol. The third kappa shape index (κ3) is 3.89. The summed E-state index contributed by atoms with van der Waals surface area (Å²) >= 11 is 13.4. The summed E-state index contributed by atoms with van der Waals surface area (Å²) in [6.07, 6.45) is 0. The van der Waals surface area contributed by atoms with Crippen molar-refractivity contribution in [1.82, 2.24) is 19.6 Å². The maximum atomic E-state index is 12.4. The minimum absolute atomic E-state index is 0.236. The van der Waals surface area contributed by atoms with Crippen LogP contribution in [0.25, 0.3) is 5.78 Å². The molecule has 2 heterocycles. The van der Waals surface area contributed by atoms with E-state index in [1.807, 2.05) is 19.9 Å². The Bertz CT molecular complexity index is 939. The molecule has 0 spiro atoms. The number of rotatable bonds is 4. The molecule has 130 valence electrons. The Balaban J connectivity index is 1.76. The fourth-order valence-electron chi connectivity index (χ4n) is 2.25. The van der Waals surface area contributed by atoms with E-state index in [4.69, 9.17) is 23.2 Å². The van der Waals surface area contributed by atoms with Crippen LogP contribution in [0.15, 0.2) is 29.4 Å². The topological polar surface area (TPSA) is 72.2 Å². The summed E-state index contributed by atoms with van der Waals surface area (Å²) in [6.45, 7) is 5.60. The van der Waals surface area contributed by atoms with Gasteiger partial charge in [-0.3, -0.25) is 4.79 Å². The highest BCUT2D eigenvalue weighted by Crippen LogP contribution is 2.31. The first kappa shape index (κ1) is 18.0. The standard InChI is InChI=1S/C16H15Cl2N5OS/c1-8-7-9(2)23-15(19-8)21-16(22-23)25-10(3)14(24)20-13-11(17)5-4-6-12(13)18/h4-7,10H,1-3H3,(H,20,24). The molecular formula is C16H15Cl2N5OS. The second kappa shape index (κ2) is 7.19. The van der Waals surface area contributed by atoms with Gasteiger partial charge in [0.15, 0.2) is 0 Å². The van der Waals surface area contributed by atoms with Crippen LogP contribution < -0.4 is 5.32 Å². The minimum atomic E-state index is -0.439. The molecule has 1 aromatic carbocycles. The Morgan fingerprint density at radius 3 is 2.60 bits per heavy atom. The molecule has 1 N–H and O–H groups in total. The van der Waals surface area contributed by atoms with Crippen LogP contribution in [0.1, 0.15) is 18.3 Å². The number of fused-ring (bicyclic) bond motifs is 1. The Morgan fingerprint density at radius 1 is 1.24 bits per heavy atom. The number of nitrogens with zero attached hydrogens (tertiary/aromatic N) is 4. The summed E-state index contributed by atoms with van der Waals surface area (Å²) in [7, 11) is 0. The molecule has 0 bridgehead atoms. The van der Waals surface area contributed by atoms with Crippen molar-refractivity contribution in [3.63, 3.8) is 0 Å². The largest absolute Gasteiger partial charge is 0.323 e. The zero-order valence-electron chi connectivity index (χ0n) is 13.7. The van der Waals surface area contributed by atoms with Crippen molar-refractivity contribution < 1.29 is 4.79 Å². The molecule has 0 aliphatic heterocycles. The highest BCUT2D eigenvalue weighted by atomic mass is 35.5. The van der Waals surface area contributed by atoms with Crippen molar-refractivity contribution in [1.29, 1.82) is 0 Å². The molecule has 9 heteroatoms. The molecule has 6 nitrogen and oxygen atoms in total. The SMILES string of the molecule is Cc1cc(C)n2nc(SC(C)C(=O)Nc3c(Cl)cccc3Cl)nc2n1. The maximum absolute atomic E-state index is 12.4.